The molecule has 0 aromatic heterocycles. The maximum atomic E-state index is 12.6. The number of rotatable bonds is 6. The molecule has 0 aliphatic heterocycles. The van der Waals surface area contributed by atoms with Crippen LogP contribution in [0.4, 0.5) is 5.69 Å². The molecule has 0 fully saturated rings. The molecule has 0 aliphatic rings. The number of nitriles is 1. The lowest BCUT2D eigenvalue weighted by atomic mass is 10.1. The van der Waals surface area contributed by atoms with Gasteiger partial charge < -0.3 is 10.1 Å². The third kappa shape index (κ3) is 6.58. The molecule has 0 radical (unpaired) electrons. The molecule has 0 atom stereocenters. The van der Waals surface area contributed by atoms with Crippen LogP contribution in [0, 0.1) is 21.8 Å². The van der Waals surface area contributed by atoms with Crippen molar-refractivity contribution in [2.75, 3.05) is 5.32 Å². The Bertz CT molecular complexity index is 1210. The van der Waals surface area contributed by atoms with E-state index in [-0.39, 0.29) is 5.57 Å². The SMILES string of the molecule is Cc1ccc(Cl)cc1NC(=O)/C(C#N)=C/c1cc(Br)c(OCc2ccc(Br)cc2)c(I)c1. The fraction of sp³-hybridized carbons (Fsp3) is 0.0833. The fourth-order valence-electron chi connectivity index (χ4n) is 2.77. The summed E-state index contributed by atoms with van der Waals surface area (Å²) >= 11 is 15.1. The molecule has 3 aromatic carbocycles. The molecule has 3 aromatic rings. The normalized spacial score (nSPS) is 11.1. The number of amides is 1. The van der Waals surface area contributed by atoms with Gasteiger partial charge in [0, 0.05) is 15.2 Å². The summed E-state index contributed by atoms with van der Waals surface area (Å²) in [5.74, 6) is 0.197. The van der Waals surface area contributed by atoms with E-state index in [4.69, 9.17) is 16.3 Å². The van der Waals surface area contributed by atoms with Gasteiger partial charge in [0.15, 0.2) is 0 Å². The van der Waals surface area contributed by atoms with Gasteiger partial charge in [0.1, 0.15) is 24.0 Å². The minimum atomic E-state index is -0.500. The molecule has 8 heteroatoms. The van der Waals surface area contributed by atoms with Crippen molar-refractivity contribution in [2.24, 2.45) is 0 Å². The average Bonchev–Trinajstić information content (AvgIpc) is 2.75. The predicted molar refractivity (Wildman–Crippen MR) is 144 cm³/mol. The van der Waals surface area contributed by atoms with Crippen molar-refractivity contribution in [3.8, 4) is 11.8 Å². The zero-order valence-corrected chi connectivity index (χ0v) is 22.8. The van der Waals surface area contributed by atoms with Gasteiger partial charge in [-0.15, -0.1) is 0 Å². The van der Waals surface area contributed by atoms with Gasteiger partial charge in [-0.2, -0.15) is 5.26 Å². The van der Waals surface area contributed by atoms with Crippen molar-refractivity contribution in [3.63, 3.8) is 0 Å². The van der Waals surface area contributed by atoms with E-state index >= 15 is 0 Å². The predicted octanol–water partition coefficient (Wildman–Crippen LogP) is 7.90. The Morgan fingerprint density at radius 1 is 1.19 bits per heavy atom. The van der Waals surface area contributed by atoms with Crippen LogP contribution in [0.15, 0.2) is 69.1 Å². The fourth-order valence-corrected chi connectivity index (χ4v) is 4.98. The number of hydrogen-bond acceptors (Lipinski definition) is 3. The van der Waals surface area contributed by atoms with Crippen molar-refractivity contribution in [2.45, 2.75) is 13.5 Å². The number of ether oxygens (including phenoxy) is 1. The number of anilines is 1. The number of carbonyl (C=O) groups is 1. The van der Waals surface area contributed by atoms with Crippen LogP contribution in [-0.2, 0) is 11.4 Å². The van der Waals surface area contributed by atoms with Crippen LogP contribution in [0.25, 0.3) is 6.08 Å². The lowest BCUT2D eigenvalue weighted by Gasteiger charge is -2.12. The van der Waals surface area contributed by atoms with Crippen LogP contribution in [0.3, 0.4) is 0 Å². The smallest absolute Gasteiger partial charge is 0.266 e. The number of benzene rings is 3. The first kappa shape index (κ1) is 24.8. The van der Waals surface area contributed by atoms with Gasteiger partial charge in [-0.25, -0.2) is 0 Å². The summed E-state index contributed by atoms with van der Waals surface area (Å²) < 4.78 is 8.58. The third-order valence-corrected chi connectivity index (χ3v) is 6.60. The van der Waals surface area contributed by atoms with Crippen molar-refractivity contribution >= 4 is 83.7 Å². The van der Waals surface area contributed by atoms with Crippen molar-refractivity contribution in [1.82, 2.24) is 0 Å². The average molecular weight is 687 g/mol. The molecule has 0 bridgehead atoms. The Kier molecular flexibility index (Phi) is 8.77. The van der Waals surface area contributed by atoms with E-state index in [1.807, 2.05) is 49.4 Å². The van der Waals surface area contributed by atoms with E-state index in [0.717, 1.165) is 23.6 Å². The maximum Gasteiger partial charge on any atom is 0.266 e. The summed E-state index contributed by atoms with van der Waals surface area (Å²) in [5.41, 5.74) is 3.14. The van der Waals surface area contributed by atoms with Crippen LogP contribution >= 0.6 is 66.1 Å². The maximum absolute atomic E-state index is 12.6. The second-order valence-corrected chi connectivity index (χ2v) is 10.2. The lowest BCUT2D eigenvalue weighted by Crippen LogP contribution is -2.14. The molecule has 4 nitrogen and oxygen atoms in total. The van der Waals surface area contributed by atoms with E-state index in [9.17, 15) is 10.1 Å². The topological polar surface area (TPSA) is 62.1 Å². The summed E-state index contributed by atoms with van der Waals surface area (Å²) in [6.07, 6.45) is 1.54. The monoisotopic (exact) mass is 684 g/mol. The summed E-state index contributed by atoms with van der Waals surface area (Å²) in [6.45, 7) is 2.27. The number of carbonyl (C=O) groups excluding carboxylic acids is 1. The molecule has 162 valence electrons. The number of aryl methyl sites for hydroxylation is 1. The molecule has 0 saturated carbocycles. The highest BCUT2D eigenvalue weighted by molar-refractivity contribution is 14.1. The number of hydrogen-bond donors (Lipinski definition) is 1. The van der Waals surface area contributed by atoms with Crippen molar-refractivity contribution in [1.29, 1.82) is 5.26 Å². The second-order valence-electron chi connectivity index (χ2n) is 6.81. The van der Waals surface area contributed by atoms with Crippen LogP contribution in [0.5, 0.6) is 5.75 Å². The van der Waals surface area contributed by atoms with Crippen LogP contribution < -0.4 is 10.1 Å². The summed E-state index contributed by atoms with van der Waals surface area (Å²) in [4.78, 5) is 12.6. The third-order valence-electron chi connectivity index (χ3n) is 4.44. The highest BCUT2D eigenvalue weighted by Crippen LogP contribution is 2.33. The minimum Gasteiger partial charge on any atom is -0.487 e. The quantitative estimate of drug-likeness (QED) is 0.163. The van der Waals surface area contributed by atoms with E-state index in [0.29, 0.717) is 28.6 Å². The first-order chi connectivity index (χ1) is 15.3. The molecule has 1 N–H and O–H groups in total. The molecule has 32 heavy (non-hydrogen) atoms. The Labute approximate surface area is 222 Å². The number of nitrogens with one attached hydrogen (secondary N) is 1. The van der Waals surface area contributed by atoms with Gasteiger partial charge in [-0.05, 0) is 105 Å². The van der Waals surface area contributed by atoms with Gasteiger partial charge in [0.05, 0.1) is 8.04 Å². The molecule has 0 spiro atoms. The molecular formula is C24H16Br2ClIN2O2. The number of halogens is 4. The first-order valence-corrected chi connectivity index (χ1v) is 12.4. The van der Waals surface area contributed by atoms with Crippen molar-refractivity contribution < 1.29 is 9.53 Å². The molecular weight excluding hydrogens is 670 g/mol. The zero-order chi connectivity index (χ0) is 23.3. The molecule has 3 rings (SSSR count). The van der Waals surface area contributed by atoms with E-state index in [1.54, 1.807) is 24.3 Å². The first-order valence-electron chi connectivity index (χ1n) is 9.32. The standard InChI is InChI=1S/C24H16Br2ClIN2O2/c1-14-2-7-19(27)11-22(14)30-24(31)17(12-29)8-16-9-20(26)23(21(28)10-16)32-13-15-3-5-18(25)6-4-15/h2-11H,13H2,1H3,(H,30,31)/b17-8+. The van der Waals surface area contributed by atoms with Crippen molar-refractivity contribution in [3.05, 3.63) is 94.4 Å². The Balaban J connectivity index is 1.78. The Hall–Kier alpha value is -1.86. The Morgan fingerprint density at radius 2 is 1.91 bits per heavy atom. The number of nitrogens with zero attached hydrogens (tertiary/aromatic N) is 1. The van der Waals surface area contributed by atoms with E-state index in [1.165, 1.54) is 0 Å². The highest BCUT2D eigenvalue weighted by Gasteiger charge is 2.14. The summed E-state index contributed by atoms with van der Waals surface area (Å²) in [6, 6.07) is 18.8. The lowest BCUT2D eigenvalue weighted by molar-refractivity contribution is -0.112. The van der Waals surface area contributed by atoms with Crippen LogP contribution in [-0.4, -0.2) is 5.91 Å². The molecule has 0 aliphatic carbocycles. The largest absolute Gasteiger partial charge is 0.487 e. The van der Waals surface area contributed by atoms with Crippen LogP contribution in [0.2, 0.25) is 5.02 Å². The van der Waals surface area contributed by atoms with E-state index in [2.05, 4.69) is 59.8 Å². The van der Waals surface area contributed by atoms with Gasteiger partial charge >= 0.3 is 0 Å². The van der Waals surface area contributed by atoms with Crippen LogP contribution in [0.1, 0.15) is 16.7 Å². The highest BCUT2D eigenvalue weighted by atomic mass is 127. The van der Waals surface area contributed by atoms with E-state index < -0.39 is 5.91 Å². The summed E-state index contributed by atoms with van der Waals surface area (Å²) in [7, 11) is 0. The minimum absolute atomic E-state index is 0.0180. The molecule has 1 amide bonds. The zero-order valence-electron chi connectivity index (χ0n) is 16.8. The van der Waals surface area contributed by atoms with Gasteiger partial charge in [0.25, 0.3) is 5.91 Å². The van der Waals surface area contributed by atoms with Gasteiger partial charge in [-0.1, -0.05) is 45.7 Å². The Morgan fingerprint density at radius 3 is 2.56 bits per heavy atom. The van der Waals surface area contributed by atoms with Gasteiger partial charge in [-0.3, -0.25) is 4.79 Å². The molecule has 0 saturated heterocycles. The second kappa shape index (κ2) is 11.3. The van der Waals surface area contributed by atoms with Gasteiger partial charge in [0.2, 0.25) is 0 Å². The molecule has 0 unspecified atom stereocenters. The summed E-state index contributed by atoms with van der Waals surface area (Å²) in [5, 5.41) is 12.8. The molecule has 0 heterocycles.